The van der Waals surface area contributed by atoms with Crippen LogP contribution in [0.4, 0.5) is 10.5 Å². The van der Waals surface area contributed by atoms with E-state index in [9.17, 15) is 9.90 Å². The molecule has 1 heterocycles. The molecule has 3 aromatic carbocycles. The van der Waals surface area contributed by atoms with Crippen LogP contribution in [0.2, 0.25) is 0 Å². The molecule has 2 N–H and O–H groups in total. The van der Waals surface area contributed by atoms with Crippen LogP contribution < -0.4 is 5.32 Å². The largest absolute Gasteiger partial charge is 0.465 e. The van der Waals surface area contributed by atoms with Gasteiger partial charge in [-0.05, 0) is 40.9 Å². The van der Waals surface area contributed by atoms with Crippen molar-refractivity contribution in [3.8, 4) is 11.1 Å². The van der Waals surface area contributed by atoms with E-state index in [1.54, 1.807) is 0 Å². The Labute approximate surface area is 177 Å². The molecule has 2 aliphatic rings. The van der Waals surface area contributed by atoms with E-state index in [0.717, 1.165) is 48.4 Å². The molecule has 5 rings (SSSR count). The van der Waals surface area contributed by atoms with Gasteiger partial charge in [-0.15, -0.1) is 0 Å². The van der Waals surface area contributed by atoms with Crippen molar-refractivity contribution in [2.45, 2.75) is 19.4 Å². The standard InChI is InChI=1S/C26H26N2O2/c29-25(30)27-24-21(12-7-13-23(24)20-10-5-2-6-11-20)14-26-15-22(26)17-28(18-26)16-19-8-3-1-4-9-19/h1-13,22,27H,14-18H2,(H,29,30). The number of rotatable bonds is 6. The molecule has 0 bridgehead atoms. The second-order valence-electron chi connectivity index (χ2n) is 8.73. The summed E-state index contributed by atoms with van der Waals surface area (Å²) in [5.41, 5.74) is 5.45. The average molecular weight is 399 g/mol. The van der Waals surface area contributed by atoms with Crippen LogP contribution in [0.3, 0.4) is 0 Å². The lowest BCUT2D eigenvalue weighted by Crippen LogP contribution is -2.25. The smallest absolute Gasteiger partial charge is 0.409 e. The molecule has 1 amide bonds. The Morgan fingerprint density at radius 1 is 1.00 bits per heavy atom. The summed E-state index contributed by atoms with van der Waals surface area (Å²) >= 11 is 0. The molecule has 0 radical (unpaired) electrons. The molecular weight excluding hydrogens is 372 g/mol. The van der Waals surface area contributed by atoms with E-state index in [0.29, 0.717) is 5.92 Å². The first kappa shape index (κ1) is 18.9. The van der Waals surface area contributed by atoms with Crippen molar-refractivity contribution in [3.05, 3.63) is 90.0 Å². The number of amides is 1. The highest BCUT2D eigenvalue weighted by molar-refractivity contribution is 5.92. The van der Waals surface area contributed by atoms with Crippen molar-refractivity contribution in [3.63, 3.8) is 0 Å². The van der Waals surface area contributed by atoms with E-state index in [2.05, 4.69) is 52.7 Å². The zero-order chi connectivity index (χ0) is 20.6. The van der Waals surface area contributed by atoms with Crippen molar-refractivity contribution in [1.29, 1.82) is 0 Å². The van der Waals surface area contributed by atoms with Gasteiger partial charge in [0.15, 0.2) is 0 Å². The third kappa shape index (κ3) is 3.71. The number of hydrogen-bond acceptors (Lipinski definition) is 2. The summed E-state index contributed by atoms with van der Waals surface area (Å²) in [6, 6.07) is 26.8. The fourth-order valence-electron chi connectivity index (χ4n) is 5.18. The van der Waals surface area contributed by atoms with Gasteiger partial charge in [-0.3, -0.25) is 10.2 Å². The zero-order valence-electron chi connectivity index (χ0n) is 16.9. The molecule has 1 saturated heterocycles. The van der Waals surface area contributed by atoms with Crippen LogP contribution in [0.1, 0.15) is 17.5 Å². The number of carbonyl (C=O) groups is 1. The highest BCUT2D eigenvalue weighted by Crippen LogP contribution is 2.60. The number of anilines is 1. The highest BCUT2D eigenvalue weighted by atomic mass is 16.4. The van der Waals surface area contributed by atoms with E-state index in [1.165, 1.54) is 12.0 Å². The van der Waals surface area contributed by atoms with Crippen LogP contribution in [-0.4, -0.2) is 29.2 Å². The number of carboxylic acid groups (broad SMARTS) is 1. The maximum atomic E-state index is 11.6. The molecule has 0 aromatic heterocycles. The quantitative estimate of drug-likeness (QED) is 0.576. The van der Waals surface area contributed by atoms with Crippen LogP contribution in [0.5, 0.6) is 0 Å². The van der Waals surface area contributed by atoms with Crippen LogP contribution in [0.15, 0.2) is 78.9 Å². The van der Waals surface area contributed by atoms with Gasteiger partial charge >= 0.3 is 6.09 Å². The van der Waals surface area contributed by atoms with Crippen LogP contribution >= 0.6 is 0 Å². The molecule has 30 heavy (non-hydrogen) atoms. The molecule has 1 saturated carbocycles. The van der Waals surface area contributed by atoms with E-state index >= 15 is 0 Å². The van der Waals surface area contributed by atoms with E-state index in [4.69, 9.17) is 0 Å². The number of fused-ring (bicyclic) bond motifs is 1. The fraction of sp³-hybridized carbons (Fsp3) is 0.269. The summed E-state index contributed by atoms with van der Waals surface area (Å²) < 4.78 is 0. The van der Waals surface area contributed by atoms with Gasteiger partial charge in [0.25, 0.3) is 0 Å². The number of benzene rings is 3. The van der Waals surface area contributed by atoms with Gasteiger partial charge in [-0.25, -0.2) is 4.79 Å². The Balaban J connectivity index is 1.39. The molecule has 2 atom stereocenters. The number of para-hydroxylation sites is 1. The van der Waals surface area contributed by atoms with Crippen molar-refractivity contribution in [2.75, 3.05) is 18.4 Å². The van der Waals surface area contributed by atoms with Crippen molar-refractivity contribution >= 4 is 11.8 Å². The third-order valence-corrected chi connectivity index (χ3v) is 6.63. The minimum atomic E-state index is -1.01. The van der Waals surface area contributed by atoms with Gasteiger partial charge in [0.2, 0.25) is 0 Å². The Bertz CT molecular complexity index is 1050. The van der Waals surface area contributed by atoms with Crippen molar-refractivity contribution in [2.24, 2.45) is 11.3 Å². The molecule has 1 aliphatic carbocycles. The summed E-state index contributed by atoms with van der Waals surface area (Å²) in [5, 5.41) is 12.2. The lowest BCUT2D eigenvalue weighted by atomic mass is 9.91. The summed E-state index contributed by atoms with van der Waals surface area (Å²) in [6.45, 7) is 3.20. The normalized spacial score (nSPS) is 22.5. The van der Waals surface area contributed by atoms with Crippen LogP contribution in [0, 0.1) is 11.3 Å². The summed E-state index contributed by atoms with van der Waals surface area (Å²) in [4.78, 5) is 14.1. The lowest BCUT2D eigenvalue weighted by Gasteiger charge is -2.22. The molecule has 3 aromatic rings. The topological polar surface area (TPSA) is 52.6 Å². The first-order valence-corrected chi connectivity index (χ1v) is 10.6. The number of nitrogens with one attached hydrogen (secondary N) is 1. The lowest BCUT2D eigenvalue weighted by molar-refractivity contribution is 0.209. The van der Waals surface area contributed by atoms with Gasteiger partial charge in [0.1, 0.15) is 0 Å². The molecule has 2 fully saturated rings. The average Bonchev–Trinajstić information content (AvgIpc) is 3.30. The second kappa shape index (κ2) is 7.62. The van der Waals surface area contributed by atoms with Gasteiger partial charge in [-0.2, -0.15) is 0 Å². The Morgan fingerprint density at radius 2 is 1.73 bits per heavy atom. The molecular formula is C26H26N2O2. The maximum Gasteiger partial charge on any atom is 0.409 e. The zero-order valence-corrected chi connectivity index (χ0v) is 16.9. The summed E-state index contributed by atoms with van der Waals surface area (Å²) in [6.07, 6.45) is 1.14. The van der Waals surface area contributed by atoms with E-state index in [-0.39, 0.29) is 5.41 Å². The molecule has 4 heteroatoms. The highest BCUT2D eigenvalue weighted by Gasteiger charge is 2.59. The summed E-state index contributed by atoms with van der Waals surface area (Å²) in [5.74, 6) is 0.708. The van der Waals surface area contributed by atoms with Crippen molar-refractivity contribution < 1.29 is 9.90 Å². The molecule has 152 valence electrons. The predicted molar refractivity (Wildman–Crippen MR) is 119 cm³/mol. The SMILES string of the molecule is O=C(O)Nc1c(CC23CC2CN(Cc2ccccc2)C3)cccc1-c1ccccc1. The Hall–Kier alpha value is -3.11. The fourth-order valence-corrected chi connectivity index (χ4v) is 5.18. The first-order chi connectivity index (χ1) is 14.6. The second-order valence-corrected chi connectivity index (χ2v) is 8.73. The van der Waals surface area contributed by atoms with Gasteiger partial charge in [-0.1, -0.05) is 78.9 Å². The molecule has 4 nitrogen and oxygen atoms in total. The minimum Gasteiger partial charge on any atom is -0.465 e. The Morgan fingerprint density at radius 3 is 2.47 bits per heavy atom. The summed E-state index contributed by atoms with van der Waals surface area (Å²) in [7, 11) is 0. The third-order valence-electron chi connectivity index (χ3n) is 6.63. The minimum absolute atomic E-state index is 0.277. The number of piperidine rings is 1. The molecule has 0 spiro atoms. The van der Waals surface area contributed by atoms with Crippen LogP contribution in [-0.2, 0) is 13.0 Å². The first-order valence-electron chi connectivity index (χ1n) is 10.6. The molecule has 1 aliphatic heterocycles. The van der Waals surface area contributed by atoms with Crippen molar-refractivity contribution in [1.82, 2.24) is 4.90 Å². The molecule has 2 unspecified atom stereocenters. The predicted octanol–water partition coefficient (Wildman–Crippen LogP) is 5.51. The monoisotopic (exact) mass is 398 g/mol. The van der Waals surface area contributed by atoms with Gasteiger partial charge < -0.3 is 5.11 Å². The van der Waals surface area contributed by atoms with Gasteiger partial charge in [0, 0.05) is 25.2 Å². The maximum absolute atomic E-state index is 11.6. The number of likely N-dealkylation sites (tertiary alicyclic amines) is 1. The number of hydrogen-bond donors (Lipinski definition) is 2. The van der Waals surface area contributed by atoms with E-state index in [1.807, 2.05) is 36.4 Å². The Kier molecular flexibility index (Phi) is 4.80. The van der Waals surface area contributed by atoms with Gasteiger partial charge in [0.05, 0.1) is 5.69 Å². The van der Waals surface area contributed by atoms with E-state index < -0.39 is 6.09 Å². The van der Waals surface area contributed by atoms with Crippen LogP contribution in [0.25, 0.3) is 11.1 Å². The number of nitrogens with zero attached hydrogens (tertiary/aromatic N) is 1.